The number of nitrogens with zero attached hydrogens (tertiary/aromatic N) is 7. The minimum absolute atomic E-state index is 0.0471. The summed E-state index contributed by atoms with van der Waals surface area (Å²) < 4.78 is 24.9. The van der Waals surface area contributed by atoms with Crippen LogP contribution in [-0.2, 0) is 20.7 Å². The number of aromatic amines is 3. The number of aromatic nitrogens is 8. The molecular weight excluding hydrogens is 512 g/mol. The van der Waals surface area contributed by atoms with Gasteiger partial charge in [-0.15, -0.1) is 0 Å². The number of nitrogens with one attached hydrogen (secondary N) is 3. The van der Waals surface area contributed by atoms with Crippen molar-refractivity contribution in [3.05, 3.63) is 35.0 Å². The number of sulfone groups is 1. The molecule has 37 heavy (non-hydrogen) atoms. The molecule has 3 aromatic heterocycles. The minimum atomic E-state index is -3.39. The number of piperazine rings is 1. The summed E-state index contributed by atoms with van der Waals surface area (Å²) in [5.74, 6) is 1.92. The molecule has 0 aromatic carbocycles. The first kappa shape index (κ1) is 28.9. The molecule has 14 heteroatoms. The summed E-state index contributed by atoms with van der Waals surface area (Å²) in [6, 6.07) is 2.12. The molecule has 0 radical (unpaired) electrons. The third-order valence-corrected chi connectivity index (χ3v) is 7.67. The normalized spacial score (nSPS) is 15.4. The Morgan fingerprint density at radius 3 is 2.19 bits per heavy atom. The van der Waals surface area contributed by atoms with Crippen molar-refractivity contribution in [2.24, 2.45) is 0 Å². The summed E-state index contributed by atoms with van der Waals surface area (Å²) in [5.41, 5.74) is 0.893. The van der Waals surface area contributed by atoms with Gasteiger partial charge in [-0.3, -0.25) is 20.2 Å². The Hall–Kier alpha value is -2.71. The highest BCUT2D eigenvalue weighted by Crippen LogP contribution is 2.28. The molecule has 0 spiro atoms. The van der Waals surface area contributed by atoms with Gasteiger partial charge in [0, 0.05) is 43.1 Å². The molecule has 0 amide bonds. The van der Waals surface area contributed by atoms with E-state index in [0.29, 0.717) is 11.2 Å². The highest BCUT2D eigenvalue weighted by molar-refractivity contribution is 7.91. The Morgan fingerprint density at radius 2 is 1.70 bits per heavy atom. The van der Waals surface area contributed by atoms with Gasteiger partial charge in [-0.05, 0) is 25.2 Å². The predicted octanol–water partition coefficient (Wildman–Crippen LogP) is 2.64. The zero-order valence-electron chi connectivity index (χ0n) is 22.4. The molecule has 1 aliphatic rings. The Bertz CT molecular complexity index is 1230. The van der Waals surface area contributed by atoms with E-state index in [1.165, 1.54) is 12.7 Å². The number of anilines is 1. The van der Waals surface area contributed by atoms with E-state index in [2.05, 4.69) is 100.0 Å². The quantitative estimate of drug-likeness (QED) is 0.390. The maximum Gasteiger partial charge on any atom is 0.242 e. The lowest BCUT2D eigenvalue weighted by molar-refractivity contribution is 0.258. The van der Waals surface area contributed by atoms with Gasteiger partial charge < -0.3 is 4.90 Å². The number of hydrogen-bond acceptors (Lipinski definition) is 10. The molecular formula is C23H38N10O2S2. The van der Waals surface area contributed by atoms with E-state index in [1.807, 2.05) is 0 Å². The van der Waals surface area contributed by atoms with Crippen LogP contribution in [0.2, 0.25) is 0 Å². The lowest BCUT2D eigenvalue weighted by atomic mass is 9.90. The maximum atomic E-state index is 12.2. The van der Waals surface area contributed by atoms with Crippen molar-refractivity contribution in [3.63, 3.8) is 0 Å². The molecule has 0 atom stereocenters. The first-order valence-corrected chi connectivity index (χ1v) is 14.4. The third-order valence-electron chi connectivity index (χ3n) is 5.85. The molecule has 204 valence electrons. The molecule has 1 aliphatic heterocycles. The van der Waals surface area contributed by atoms with Crippen LogP contribution in [0.5, 0.6) is 0 Å². The Balaban J connectivity index is 0.000000555. The zero-order chi connectivity index (χ0) is 27.3. The fourth-order valence-corrected chi connectivity index (χ4v) is 4.87. The van der Waals surface area contributed by atoms with Crippen molar-refractivity contribution in [3.8, 4) is 0 Å². The van der Waals surface area contributed by atoms with Crippen LogP contribution in [0.1, 0.15) is 59.5 Å². The second-order valence-electron chi connectivity index (χ2n) is 11.1. The van der Waals surface area contributed by atoms with Crippen molar-refractivity contribution in [1.29, 1.82) is 0 Å². The molecule has 12 nitrogen and oxygen atoms in total. The highest BCUT2D eigenvalue weighted by Gasteiger charge is 2.27. The van der Waals surface area contributed by atoms with Crippen molar-refractivity contribution < 1.29 is 8.42 Å². The SMILES string of the molecule is CC(C)(C)c1cc(N2CCN(CCCS(=O)(=O)c3ncn[nH]3)CC2)nc(C(C)(C)C)n1.S=c1nc[nH][nH]1. The Kier molecular flexibility index (Phi) is 9.18. The summed E-state index contributed by atoms with van der Waals surface area (Å²) in [7, 11) is -3.39. The van der Waals surface area contributed by atoms with Gasteiger partial charge in [0.2, 0.25) is 19.8 Å². The highest BCUT2D eigenvalue weighted by atomic mass is 32.2. The van der Waals surface area contributed by atoms with Crippen molar-refractivity contribution in [1.82, 2.24) is 45.2 Å². The van der Waals surface area contributed by atoms with Gasteiger partial charge in [-0.2, -0.15) is 5.10 Å². The van der Waals surface area contributed by atoms with Gasteiger partial charge in [-0.25, -0.2) is 28.4 Å². The summed E-state index contributed by atoms with van der Waals surface area (Å²) in [6.07, 6.45) is 3.29. The maximum absolute atomic E-state index is 12.2. The summed E-state index contributed by atoms with van der Waals surface area (Å²) >= 11 is 4.55. The summed E-state index contributed by atoms with van der Waals surface area (Å²) in [5, 5.41) is 11.2. The van der Waals surface area contributed by atoms with Crippen molar-refractivity contribution in [2.75, 3.05) is 43.4 Å². The Morgan fingerprint density at radius 1 is 1.00 bits per heavy atom. The van der Waals surface area contributed by atoms with Crippen molar-refractivity contribution in [2.45, 2.75) is 63.9 Å². The van der Waals surface area contributed by atoms with E-state index in [1.54, 1.807) is 0 Å². The zero-order valence-corrected chi connectivity index (χ0v) is 24.1. The molecule has 0 bridgehead atoms. The van der Waals surface area contributed by atoms with Crippen LogP contribution in [0.4, 0.5) is 5.82 Å². The summed E-state index contributed by atoms with van der Waals surface area (Å²) in [4.78, 5) is 21.7. The van der Waals surface area contributed by atoms with Gasteiger partial charge in [0.05, 0.1) is 11.4 Å². The van der Waals surface area contributed by atoms with E-state index >= 15 is 0 Å². The van der Waals surface area contributed by atoms with Crippen LogP contribution in [0, 0.1) is 4.77 Å². The molecule has 3 aromatic rings. The van der Waals surface area contributed by atoms with E-state index in [0.717, 1.165) is 50.1 Å². The molecule has 0 unspecified atom stereocenters. The average Bonchev–Trinajstić information content (AvgIpc) is 3.53. The Labute approximate surface area is 223 Å². The van der Waals surface area contributed by atoms with Crippen LogP contribution in [0.3, 0.4) is 0 Å². The lowest BCUT2D eigenvalue weighted by Gasteiger charge is -2.36. The minimum Gasteiger partial charge on any atom is -0.354 e. The number of H-pyrrole nitrogens is 3. The topological polar surface area (TPSA) is 152 Å². The van der Waals surface area contributed by atoms with E-state index in [4.69, 9.17) is 9.97 Å². The second kappa shape index (κ2) is 11.8. The van der Waals surface area contributed by atoms with Crippen LogP contribution in [0.25, 0.3) is 0 Å². The van der Waals surface area contributed by atoms with Gasteiger partial charge >= 0.3 is 0 Å². The lowest BCUT2D eigenvalue weighted by Crippen LogP contribution is -2.47. The van der Waals surface area contributed by atoms with E-state index in [9.17, 15) is 8.42 Å². The molecule has 4 rings (SSSR count). The standard InChI is InChI=1S/C21H35N7O2S.C2H3N3S/c1-20(2,3)16-14-17(25-18(24-16)21(4,5)6)28-11-9-27(10-12-28)8-7-13-31(29,30)19-22-15-23-26-19;6-2-3-1-4-5-2/h14-15H,7-13H2,1-6H3,(H,22,23,26);1H,(H2,3,4,5,6). The van der Waals surface area contributed by atoms with Gasteiger partial charge in [-0.1, -0.05) is 41.5 Å². The first-order chi connectivity index (χ1) is 17.3. The third kappa shape index (κ3) is 8.40. The fraction of sp³-hybridized carbons (Fsp3) is 0.652. The molecule has 1 saturated heterocycles. The average molecular weight is 551 g/mol. The van der Waals surface area contributed by atoms with Gasteiger partial charge in [0.1, 0.15) is 24.3 Å². The van der Waals surface area contributed by atoms with Gasteiger partial charge in [0.25, 0.3) is 0 Å². The predicted molar refractivity (Wildman–Crippen MR) is 145 cm³/mol. The van der Waals surface area contributed by atoms with E-state index < -0.39 is 9.84 Å². The van der Waals surface area contributed by atoms with Crippen molar-refractivity contribution >= 4 is 27.9 Å². The van der Waals surface area contributed by atoms with E-state index in [-0.39, 0.29) is 21.7 Å². The van der Waals surface area contributed by atoms with Crippen LogP contribution < -0.4 is 4.90 Å². The van der Waals surface area contributed by atoms with Crippen LogP contribution >= 0.6 is 12.2 Å². The number of rotatable bonds is 6. The monoisotopic (exact) mass is 550 g/mol. The fourth-order valence-electron chi connectivity index (χ4n) is 3.65. The largest absolute Gasteiger partial charge is 0.354 e. The molecule has 1 fully saturated rings. The molecule has 0 aliphatic carbocycles. The molecule has 0 saturated carbocycles. The molecule has 4 heterocycles. The first-order valence-electron chi connectivity index (χ1n) is 12.3. The van der Waals surface area contributed by atoms with Gasteiger partial charge in [0.15, 0.2) is 0 Å². The second-order valence-corrected chi connectivity index (χ2v) is 13.5. The van der Waals surface area contributed by atoms with Crippen LogP contribution in [-0.4, -0.2) is 92.1 Å². The molecule has 3 N–H and O–H groups in total. The van der Waals surface area contributed by atoms with Crippen LogP contribution in [0.15, 0.2) is 23.9 Å². The number of hydrogen-bond donors (Lipinski definition) is 3. The summed E-state index contributed by atoms with van der Waals surface area (Å²) in [6.45, 7) is 17.2. The smallest absolute Gasteiger partial charge is 0.242 e.